The van der Waals surface area contributed by atoms with Crippen LogP contribution in [0, 0.1) is 23.7 Å². The van der Waals surface area contributed by atoms with Crippen molar-refractivity contribution in [2.24, 2.45) is 0 Å². The van der Waals surface area contributed by atoms with Crippen LogP contribution in [0.1, 0.15) is 99.9 Å². The van der Waals surface area contributed by atoms with Gasteiger partial charge in [-0.05, 0) is 124 Å². The molecule has 0 bridgehead atoms. The molecule has 4 aliphatic rings. The Labute approximate surface area is 378 Å². The zero-order valence-corrected chi connectivity index (χ0v) is 39.4. The van der Waals surface area contributed by atoms with E-state index in [1.807, 2.05) is 12.1 Å². The Bertz CT molecular complexity index is 2830. The molecule has 0 spiro atoms. The molecule has 4 nitrogen and oxygen atoms in total. The smallest absolute Gasteiger partial charge is 0.209 e. The van der Waals surface area contributed by atoms with Crippen LogP contribution in [0.2, 0.25) is 10.0 Å². The van der Waals surface area contributed by atoms with E-state index in [1.165, 1.54) is 67.8 Å². The molecule has 0 saturated heterocycles. The van der Waals surface area contributed by atoms with E-state index in [0.29, 0.717) is 0 Å². The Balaban J connectivity index is 0.922. The molecule has 6 heteroatoms. The van der Waals surface area contributed by atoms with Crippen molar-refractivity contribution in [3.63, 3.8) is 0 Å². The summed E-state index contributed by atoms with van der Waals surface area (Å²) in [7, 11) is 8.66. The molecular formula is C56H54Cl2N4+2. The first-order valence-electron chi connectivity index (χ1n) is 21.4. The van der Waals surface area contributed by atoms with E-state index >= 15 is 0 Å². The molecule has 62 heavy (non-hydrogen) atoms. The van der Waals surface area contributed by atoms with Gasteiger partial charge in [-0.2, -0.15) is 9.15 Å². The third-order valence-corrected chi connectivity index (χ3v) is 14.7. The van der Waals surface area contributed by atoms with Crippen LogP contribution in [0.4, 0.5) is 22.7 Å². The van der Waals surface area contributed by atoms with Crippen molar-refractivity contribution >= 4 is 57.4 Å². The average Bonchev–Trinajstić information content (AvgIpc) is 3.71. The molecule has 4 aliphatic heterocycles. The highest BCUT2D eigenvalue weighted by molar-refractivity contribution is 6.31. The summed E-state index contributed by atoms with van der Waals surface area (Å²) in [5.41, 5.74) is 18.0. The fourth-order valence-electron chi connectivity index (χ4n) is 10.5. The van der Waals surface area contributed by atoms with Gasteiger partial charge in [0.25, 0.3) is 0 Å². The molecule has 0 atom stereocenters. The summed E-state index contributed by atoms with van der Waals surface area (Å²) in [5.74, 6) is 13.7. The normalized spacial score (nSPS) is 19.6. The van der Waals surface area contributed by atoms with Crippen molar-refractivity contribution < 1.29 is 9.15 Å². The highest BCUT2D eigenvalue weighted by atomic mass is 35.5. The second kappa shape index (κ2) is 14.4. The quantitative estimate of drug-likeness (QED) is 0.130. The third kappa shape index (κ3) is 6.46. The summed E-state index contributed by atoms with van der Waals surface area (Å²) in [6.45, 7) is 18.4. The van der Waals surface area contributed by atoms with Crippen molar-refractivity contribution in [1.82, 2.24) is 0 Å². The summed E-state index contributed by atoms with van der Waals surface area (Å²) < 4.78 is 4.62. The number of hydrogen-bond donors (Lipinski definition) is 0. The minimum atomic E-state index is -0.215. The molecule has 0 radical (unpaired) electrons. The van der Waals surface area contributed by atoms with Crippen LogP contribution in [0.25, 0.3) is 0 Å². The van der Waals surface area contributed by atoms with Crippen LogP contribution >= 0.6 is 23.2 Å². The van der Waals surface area contributed by atoms with Gasteiger partial charge in [0, 0.05) is 115 Å². The van der Waals surface area contributed by atoms with Crippen LogP contribution in [-0.4, -0.2) is 48.8 Å². The van der Waals surface area contributed by atoms with Gasteiger partial charge < -0.3 is 9.80 Å². The van der Waals surface area contributed by atoms with Gasteiger partial charge in [0.15, 0.2) is 11.4 Å². The fraction of sp³-hybridized carbons (Fsp3) is 0.286. The summed E-state index contributed by atoms with van der Waals surface area (Å²) in [4.78, 5) is 4.67. The number of rotatable bonds is 2. The summed E-state index contributed by atoms with van der Waals surface area (Å²) in [6.07, 6.45) is 4.77. The van der Waals surface area contributed by atoms with Crippen LogP contribution in [0.5, 0.6) is 0 Å². The lowest BCUT2D eigenvalue weighted by Crippen LogP contribution is -2.31. The van der Waals surface area contributed by atoms with E-state index in [-0.39, 0.29) is 21.7 Å². The minimum absolute atomic E-state index is 0.182. The van der Waals surface area contributed by atoms with E-state index in [9.17, 15) is 0 Å². The maximum absolute atomic E-state index is 6.46. The van der Waals surface area contributed by atoms with Crippen LogP contribution in [0.15, 0.2) is 121 Å². The molecule has 0 amide bonds. The Morgan fingerprint density at radius 2 is 0.774 bits per heavy atom. The Morgan fingerprint density at radius 3 is 1.15 bits per heavy atom. The standard InChI is InChI=1S/C56H54Cl2N4/c1-53(2)41-29-37(21-25-45(41)59(9)49(53)33-51-55(5,6)43-31-39(57)23-27-47(43)61(51)11)19-17-35-13-15-36(16-14-35)18-20-38-22-26-46-42(30-38)54(3,4)50(60(46)10)34-52-56(7,8)44-32-40(58)24-28-48(44)62(52)12/h13-16,21-34H,1-12H3/q+2. The lowest BCUT2D eigenvalue weighted by molar-refractivity contribution is -0.401. The molecule has 5 aromatic carbocycles. The maximum atomic E-state index is 6.46. The number of fused-ring (bicyclic) bond motifs is 4. The van der Waals surface area contributed by atoms with E-state index in [4.69, 9.17) is 23.2 Å². The predicted molar refractivity (Wildman–Crippen MR) is 261 cm³/mol. The topological polar surface area (TPSA) is 12.5 Å². The SMILES string of the molecule is CN1/C(=C\C2=[N+](C)c3ccc(Cl)cc3C2(C)C)C(C)(C)c2cc(C#Cc3ccc(C#Cc4ccc5c(c4)C(C)(C)/C(=C\C4=[N+](C)c6ccc(Cl)cc6C4(C)C)N5C)cc3)ccc21. The predicted octanol–water partition coefficient (Wildman–Crippen LogP) is 12.4. The van der Waals surface area contributed by atoms with Gasteiger partial charge in [-0.1, -0.05) is 74.6 Å². The lowest BCUT2D eigenvalue weighted by Gasteiger charge is -2.25. The Kier molecular flexibility index (Phi) is 9.65. The number of nitrogens with zero attached hydrogens (tertiary/aromatic N) is 4. The number of hydrogen-bond acceptors (Lipinski definition) is 2. The average molecular weight is 854 g/mol. The van der Waals surface area contributed by atoms with Gasteiger partial charge in [-0.25, -0.2) is 0 Å². The van der Waals surface area contributed by atoms with Crippen molar-refractivity contribution in [2.75, 3.05) is 38.0 Å². The van der Waals surface area contributed by atoms with Gasteiger partial charge in [0.1, 0.15) is 14.1 Å². The molecule has 4 heterocycles. The van der Waals surface area contributed by atoms with Crippen molar-refractivity contribution in [3.05, 3.63) is 175 Å². The first kappa shape index (κ1) is 41.6. The largest absolute Gasteiger partial charge is 0.347 e. The highest BCUT2D eigenvalue weighted by Crippen LogP contribution is 2.51. The van der Waals surface area contributed by atoms with Crippen LogP contribution < -0.4 is 9.80 Å². The first-order chi connectivity index (χ1) is 29.2. The first-order valence-corrected chi connectivity index (χ1v) is 22.1. The third-order valence-electron chi connectivity index (χ3n) is 14.2. The van der Waals surface area contributed by atoms with Crippen LogP contribution in [-0.2, 0) is 21.7 Å². The van der Waals surface area contributed by atoms with Crippen molar-refractivity contribution in [3.8, 4) is 23.7 Å². The molecule has 5 aromatic rings. The monoisotopic (exact) mass is 852 g/mol. The highest BCUT2D eigenvalue weighted by Gasteiger charge is 2.48. The Hall–Kier alpha value is -5.78. The van der Waals surface area contributed by atoms with E-state index in [1.54, 1.807) is 0 Å². The maximum Gasteiger partial charge on any atom is 0.209 e. The summed E-state index contributed by atoms with van der Waals surface area (Å²) >= 11 is 12.9. The molecule has 0 unspecified atom stereocenters. The van der Waals surface area contributed by atoms with Gasteiger partial charge in [0.2, 0.25) is 11.4 Å². The number of likely N-dealkylation sites (N-methyl/N-ethyl adjacent to an activating group) is 2. The molecule has 9 rings (SSSR count). The molecule has 0 fully saturated rings. The molecule has 310 valence electrons. The van der Waals surface area contributed by atoms with E-state index < -0.39 is 0 Å². The summed E-state index contributed by atoms with van der Waals surface area (Å²) in [5, 5.41) is 1.54. The second-order valence-electron chi connectivity index (χ2n) is 19.4. The summed E-state index contributed by atoms with van der Waals surface area (Å²) in [6, 6.07) is 33.9. The minimum Gasteiger partial charge on any atom is -0.347 e. The molecule has 0 aliphatic carbocycles. The zero-order chi connectivity index (χ0) is 44.3. The van der Waals surface area contributed by atoms with Crippen molar-refractivity contribution in [1.29, 1.82) is 0 Å². The molecular weight excluding hydrogens is 800 g/mol. The molecule has 0 N–H and O–H groups in total. The zero-order valence-electron chi connectivity index (χ0n) is 37.9. The Morgan fingerprint density at radius 1 is 0.435 bits per heavy atom. The molecule has 0 aromatic heterocycles. The second-order valence-corrected chi connectivity index (χ2v) is 20.3. The lowest BCUT2D eigenvalue weighted by atomic mass is 9.78. The molecule has 0 saturated carbocycles. The number of halogens is 2. The van der Waals surface area contributed by atoms with E-state index in [0.717, 1.165) is 32.3 Å². The van der Waals surface area contributed by atoms with Crippen molar-refractivity contribution in [2.45, 2.75) is 77.0 Å². The van der Waals surface area contributed by atoms with Gasteiger partial charge in [-0.3, -0.25) is 0 Å². The number of anilines is 2. The van der Waals surface area contributed by atoms with Gasteiger partial charge in [0.05, 0.1) is 10.8 Å². The number of benzene rings is 5. The van der Waals surface area contributed by atoms with Gasteiger partial charge >= 0.3 is 0 Å². The fourth-order valence-corrected chi connectivity index (χ4v) is 10.8. The van der Waals surface area contributed by atoms with Crippen LogP contribution in [0.3, 0.4) is 0 Å². The number of allylic oxidation sites excluding steroid dienone is 4. The van der Waals surface area contributed by atoms with Gasteiger partial charge in [-0.15, -0.1) is 0 Å². The van der Waals surface area contributed by atoms with E-state index in [2.05, 4.69) is 223 Å².